The molecule has 3 nitrogen and oxygen atoms in total. The maximum absolute atomic E-state index is 12.4. The van der Waals surface area contributed by atoms with Crippen LogP contribution in [0.2, 0.25) is 0 Å². The Labute approximate surface area is 122 Å². The summed E-state index contributed by atoms with van der Waals surface area (Å²) < 4.78 is 0. The molecule has 3 aromatic carbocycles. The van der Waals surface area contributed by atoms with Gasteiger partial charge in [-0.15, -0.1) is 0 Å². The lowest BCUT2D eigenvalue weighted by Gasteiger charge is -2.11. The van der Waals surface area contributed by atoms with Gasteiger partial charge in [-0.05, 0) is 30.5 Å². The van der Waals surface area contributed by atoms with Crippen LogP contribution in [0.25, 0.3) is 10.8 Å². The predicted octanol–water partition coefficient (Wildman–Crippen LogP) is 4.11. The van der Waals surface area contributed by atoms with Crippen molar-refractivity contribution in [2.75, 3.05) is 5.32 Å². The Hall–Kier alpha value is -2.81. The molecule has 104 valence electrons. The van der Waals surface area contributed by atoms with Gasteiger partial charge in [-0.25, -0.2) is 0 Å². The molecule has 0 saturated carbocycles. The lowest BCUT2D eigenvalue weighted by Crippen LogP contribution is -2.13. The van der Waals surface area contributed by atoms with E-state index in [1.165, 1.54) is 0 Å². The number of aromatic hydroxyl groups is 1. The van der Waals surface area contributed by atoms with Crippen molar-refractivity contribution in [2.24, 2.45) is 0 Å². The monoisotopic (exact) mass is 277 g/mol. The van der Waals surface area contributed by atoms with E-state index in [2.05, 4.69) is 5.32 Å². The number of carbonyl (C=O) groups excluding carboxylic acids is 1. The molecule has 0 saturated heterocycles. The summed E-state index contributed by atoms with van der Waals surface area (Å²) in [6.07, 6.45) is 0. The summed E-state index contributed by atoms with van der Waals surface area (Å²) in [5, 5.41) is 14.7. The Bertz CT molecular complexity index is 819. The Balaban J connectivity index is 1.99. The standard InChI is InChI=1S/C18H15NO2/c1-12-14(9-5-11-17(12)20)18(21)19-16-10-4-7-13-6-2-3-8-15(13)16/h2-11,20H,1H3,(H,19,21). The van der Waals surface area contributed by atoms with Gasteiger partial charge in [-0.1, -0.05) is 42.5 Å². The van der Waals surface area contributed by atoms with Crippen LogP contribution in [0.4, 0.5) is 5.69 Å². The van der Waals surface area contributed by atoms with E-state index < -0.39 is 0 Å². The number of hydrogen-bond donors (Lipinski definition) is 2. The van der Waals surface area contributed by atoms with Gasteiger partial charge < -0.3 is 10.4 Å². The van der Waals surface area contributed by atoms with Gasteiger partial charge in [-0.2, -0.15) is 0 Å². The Morgan fingerprint density at radius 2 is 1.67 bits per heavy atom. The SMILES string of the molecule is Cc1c(O)cccc1C(=O)Nc1cccc2ccccc12. The van der Waals surface area contributed by atoms with Crippen LogP contribution >= 0.6 is 0 Å². The molecule has 0 radical (unpaired) electrons. The zero-order valence-corrected chi connectivity index (χ0v) is 11.6. The fourth-order valence-corrected chi connectivity index (χ4v) is 2.39. The zero-order valence-electron chi connectivity index (χ0n) is 11.6. The first-order valence-corrected chi connectivity index (χ1v) is 6.74. The lowest BCUT2D eigenvalue weighted by molar-refractivity contribution is 0.102. The molecule has 0 fully saturated rings. The first-order chi connectivity index (χ1) is 10.2. The van der Waals surface area contributed by atoms with Crippen LogP contribution in [0, 0.1) is 6.92 Å². The van der Waals surface area contributed by atoms with Crippen LogP contribution in [-0.4, -0.2) is 11.0 Å². The third kappa shape index (κ3) is 2.46. The smallest absolute Gasteiger partial charge is 0.256 e. The second-order valence-electron chi connectivity index (χ2n) is 4.93. The molecule has 3 heteroatoms. The molecule has 0 aliphatic carbocycles. The highest BCUT2D eigenvalue weighted by Crippen LogP contribution is 2.25. The number of anilines is 1. The molecule has 21 heavy (non-hydrogen) atoms. The molecule has 1 amide bonds. The van der Waals surface area contributed by atoms with Crippen LogP contribution in [0.15, 0.2) is 60.7 Å². The molecule has 0 heterocycles. The first kappa shape index (κ1) is 13.2. The van der Waals surface area contributed by atoms with E-state index in [4.69, 9.17) is 0 Å². The summed E-state index contributed by atoms with van der Waals surface area (Å²) in [4.78, 5) is 12.4. The third-order valence-corrected chi connectivity index (χ3v) is 3.59. The molecule has 0 aliphatic heterocycles. The maximum atomic E-state index is 12.4. The van der Waals surface area contributed by atoms with Crippen LogP contribution in [0.5, 0.6) is 5.75 Å². The third-order valence-electron chi connectivity index (χ3n) is 3.59. The highest BCUT2D eigenvalue weighted by atomic mass is 16.3. The van der Waals surface area contributed by atoms with Gasteiger partial charge in [0, 0.05) is 22.2 Å². The van der Waals surface area contributed by atoms with Gasteiger partial charge in [0.1, 0.15) is 5.75 Å². The quantitative estimate of drug-likeness (QED) is 0.740. The highest BCUT2D eigenvalue weighted by molar-refractivity contribution is 6.10. The van der Waals surface area contributed by atoms with Crippen molar-refractivity contribution in [3.05, 3.63) is 71.8 Å². The molecular weight excluding hydrogens is 262 g/mol. The van der Waals surface area contributed by atoms with E-state index in [0.29, 0.717) is 11.1 Å². The number of hydrogen-bond acceptors (Lipinski definition) is 2. The minimum Gasteiger partial charge on any atom is -0.508 e. The molecule has 2 N–H and O–H groups in total. The summed E-state index contributed by atoms with van der Waals surface area (Å²) >= 11 is 0. The van der Waals surface area contributed by atoms with Crippen LogP contribution in [-0.2, 0) is 0 Å². The van der Waals surface area contributed by atoms with Crippen LogP contribution in [0.1, 0.15) is 15.9 Å². The topological polar surface area (TPSA) is 49.3 Å². The van der Waals surface area contributed by atoms with Gasteiger partial charge in [0.15, 0.2) is 0 Å². The van der Waals surface area contributed by atoms with E-state index >= 15 is 0 Å². The summed E-state index contributed by atoms with van der Waals surface area (Å²) in [7, 11) is 0. The lowest BCUT2D eigenvalue weighted by atomic mass is 10.1. The van der Waals surface area contributed by atoms with Crippen molar-refractivity contribution in [3.63, 3.8) is 0 Å². The highest BCUT2D eigenvalue weighted by Gasteiger charge is 2.12. The number of fused-ring (bicyclic) bond motifs is 1. The molecule has 3 aromatic rings. The number of amides is 1. The second-order valence-corrected chi connectivity index (χ2v) is 4.93. The minimum absolute atomic E-state index is 0.126. The minimum atomic E-state index is -0.222. The molecule has 0 spiro atoms. The Kier molecular flexibility index (Phi) is 3.32. The van der Waals surface area contributed by atoms with Crippen molar-refractivity contribution >= 4 is 22.4 Å². The number of rotatable bonds is 2. The van der Waals surface area contributed by atoms with Gasteiger partial charge >= 0.3 is 0 Å². The summed E-state index contributed by atoms with van der Waals surface area (Å²) in [5.41, 5.74) is 1.82. The number of nitrogens with one attached hydrogen (secondary N) is 1. The zero-order chi connectivity index (χ0) is 14.8. The van der Waals surface area contributed by atoms with Crippen molar-refractivity contribution in [2.45, 2.75) is 6.92 Å². The fraction of sp³-hybridized carbons (Fsp3) is 0.0556. The van der Waals surface area contributed by atoms with E-state index in [9.17, 15) is 9.90 Å². The Morgan fingerprint density at radius 3 is 2.52 bits per heavy atom. The van der Waals surface area contributed by atoms with Crippen LogP contribution < -0.4 is 5.32 Å². The van der Waals surface area contributed by atoms with Crippen molar-refractivity contribution in [3.8, 4) is 5.75 Å². The number of carbonyl (C=O) groups is 1. The largest absolute Gasteiger partial charge is 0.508 e. The fourth-order valence-electron chi connectivity index (χ4n) is 2.39. The average Bonchev–Trinajstić information content (AvgIpc) is 2.50. The van der Waals surface area contributed by atoms with E-state index in [-0.39, 0.29) is 11.7 Å². The molecule has 0 aromatic heterocycles. The van der Waals surface area contributed by atoms with Crippen LogP contribution in [0.3, 0.4) is 0 Å². The number of phenols is 1. The summed E-state index contributed by atoms with van der Waals surface area (Å²) in [6.45, 7) is 1.73. The van der Waals surface area contributed by atoms with Gasteiger partial charge in [0.2, 0.25) is 0 Å². The van der Waals surface area contributed by atoms with Gasteiger partial charge in [0.25, 0.3) is 5.91 Å². The van der Waals surface area contributed by atoms with Gasteiger partial charge in [-0.3, -0.25) is 4.79 Å². The molecule has 0 bridgehead atoms. The molecule has 0 atom stereocenters. The maximum Gasteiger partial charge on any atom is 0.256 e. The predicted molar refractivity (Wildman–Crippen MR) is 84.7 cm³/mol. The van der Waals surface area contributed by atoms with E-state index in [1.807, 2.05) is 42.5 Å². The van der Waals surface area contributed by atoms with Crippen molar-refractivity contribution < 1.29 is 9.90 Å². The molecule has 0 aliphatic rings. The average molecular weight is 277 g/mol. The van der Waals surface area contributed by atoms with E-state index in [0.717, 1.165) is 16.5 Å². The van der Waals surface area contributed by atoms with Crippen molar-refractivity contribution in [1.82, 2.24) is 0 Å². The Morgan fingerprint density at radius 1 is 0.952 bits per heavy atom. The number of benzene rings is 3. The second kappa shape index (κ2) is 5.29. The van der Waals surface area contributed by atoms with Crippen molar-refractivity contribution in [1.29, 1.82) is 0 Å². The van der Waals surface area contributed by atoms with E-state index in [1.54, 1.807) is 25.1 Å². The molecular formula is C18H15NO2. The summed E-state index contributed by atoms with van der Waals surface area (Å²) in [5.74, 6) is -0.0969. The molecule has 3 rings (SSSR count). The normalized spacial score (nSPS) is 10.5. The first-order valence-electron chi connectivity index (χ1n) is 6.74. The summed E-state index contributed by atoms with van der Waals surface area (Å²) in [6, 6.07) is 18.6. The molecule has 0 unspecified atom stereocenters. The van der Waals surface area contributed by atoms with Gasteiger partial charge in [0.05, 0.1) is 0 Å². The number of phenolic OH excluding ortho intramolecular Hbond substituents is 1.